The van der Waals surface area contributed by atoms with E-state index in [4.69, 9.17) is 5.73 Å². The lowest BCUT2D eigenvalue weighted by atomic mass is 10.1. The molecule has 0 unspecified atom stereocenters. The smallest absolute Gasteiger partial charge is 0.0527 e. The Morgan fingerprint density at radius 3 is 3.06 bits per heavy atom. The van der Waals surface area contributed by atoms with E-state index < -0.39 is 0 Å². The topological polar surface area (TPSA) is 47.1 Å². The molecular formula is C12H22N4. The Morgan fingerprint density at radius 2 is 2.38 bits per heavy atom. The highest BCUT2D eigenvalue weighted by Gasteiger charge is 2.18. The van der Waals surface area contributed by atoms with Crippen LogP contribution in [0.3, 0.4) is 0 Å². The summed E-state index contributed by atoms with van der Waals surface area (Å²) in [7, 11) is 0. The average molecular weight is 222 g/mol. The van der Waals surface area contributed by atoms with Crippen molar-refractivity contribution in [2.24, 2.45) is 5.73 Å². The zero-order valence-corrected chi connectivity index (χ0v) is 10.3. The van der Waals surface area contributed by atoms with Gasteiger partial charge in [0.25, 0.3) is 0 Å². The first kappa shape index (κ1) is 11.6. The lowest BCUT2D eigenvalue weighted by molar-refractivity contribution is 0.195. The summed E-state index contributed by atoms with van der Waals surface area (Å²) in [4.78, 5) is 2.43. The first-order valence-corrected chi connectivity index (χ1v) is 6.17. The van der Waals surface area contributed by atoms with Crippen LogP contribution in [0.4, 0.5) is 0 Å². The molecule has 2 heterocycles. The fraction of sp³-hybridized carbons (Fsp3) is 0.750. The number of likely N-dealkylation sites (tertiary alicyclic amines) is 1. The van der Waals surface area contributed by atoms with Crippen LogP contribution >= 0.6 is 0 Å². The summed E-state index contributed by atoms with van der Waals surface area (Å²) in [5.41, 5.74) is 7.28. The van der Waals surface area contributed by atoms with E-state index in [1.165, 1.54) is 18.5 Å². The maximum Gasteiger partial charge on any atom is 0.0527 e. The molecule has 1 atom stereocenters. The second kappa shape index (κ2) is 4.97. The summed E-state index contributed by atoms with van der Waals surface area (Å²) in [5, 5.41) is 4.36. The van der Waals surface area contributed by atoms with Gasteiger partial charge in [0.1, 0.15) is 0 Å². The van der Waals surface area contributed by atoms with Crippen molar-refractivity contribution in [3.05, 3.63) is 18.0 Å². The fourth-order valence-corrected chi connectivity index (χ4v) is 2.40. The average Bonchev–Trinajstić information content (AvgIpc) is 2.66. The van der Waals surface area contributed by atoms with E-state index in [0.29, 0.717) is 12.1 Å². The summed E-state index contributed by atoms with van der Waals surface area (Å²) < 4.78 is 2.10. The van der Waals surface area contributed by atoms with Gasteiger partial charge < -0.3 is 5.73 Å². The lowest BCUT2D eigenvalue weighted by Gasteiger charge is -2.30. The minimum atomic E-state index is 0.351. The maximum absolute atomic E-state index is 5.99. The van der Waals surface area contributed by atoms with E-state index in [2.05, 4.69) is 34.6 Å². The molecule has 1 aromatic rings. The van der Waals surface area contributed by atoms with Gasteiger partial charge in [-0.2, -0.15) is 5.10 Å². The number of hydrogen-bond donors (Lipinski definition) is 1. The molecule has 2 N–H and O–H groups in total. The minimum Gasteiger partial charge on any atom is -0.327 e. The zero-order valence-electron chi connectivity index (χ0n) is 10.3. The zero-order chi connectivity index (χ0) is 11.5. The van der Waals surface area contributed by atoms with Crippen molar-refractivity contribution in [3.63, 3.8) is 0 Å². The molecule has 1 aromatic heterocycles. The molecule has 1 aliphatic rings. The van der Waals surface area contributed by atoms with Gasteiger partial charge in [-0.15, -0.1) is 0 Å². The number of aromatic nitrogens is 2. The van der Waals surface area contributed by atoms with Gasteiger partial charge in [0.05, 0.1) is 5.69 Å². The van der Waals surface area contributed by atoms with Gasteiger partial charge in [0, 0.05) is 31.4 Å². The molecule has 4 heteroatoms. The molecule has 16 heavy (non-hydrogen) atoms. The molecule has 0 aromatic carbocycles. The van der Waals surface area contributed by atoms with Gasteiger partial charge in [0.15, 0.2) is 0 Å². The van der Waals surface area contributed by atoms with Crippen molar-refractivity contribution in [1.29, 1.82) is 0 Å². The van der Waals surface area contributed by atoms with Crippen LogP contribution in [0.5, 0.6) is 0 Å². The molecule has 0 aliphatic carbocycles. The van der Waals surface area contributed by atoms with Crippen molar-refractivity contribution in [3.8, 4) is 0 Å². The monoisotopic (exact) mass is 222 g/mol. The largest absolute Gasteiger partial charge is 0.327 e. The first-order valence-electron chi connectivity index (χ1n) is 6.17. The van der Waals surface area contributed by atoms with Crippen molar-refractivity contribution < 1.29 is 0 Å². The second-order valence-corrected chi connectivity index (χ2v) is 5.00. The molecular weight excluding hydrogens is 200 g/mol. The van der Waals surface area contributed by atoms with Crippen LogP contribution in [0.2, 0.25) is 0 Å². The first-order chi connectivity index (χ1) is 7.66. The van der Waals surface area contributed by atoms with Gasteiger partial charge >= 0.3 is 0 Å². The number of hydrogen-bond acceptors (Lipinski definition) is 3. The fourth-order valence-electron chi connectivity index (χ4n) is 2.40. The Morgan fingerprint density at radius 1 is 1.56 bits per heavy atom. The van der Waals surface area contributed by atoms with E-state index >= 15 is 0 Å². The Hall–Kier alpha value is -0.870. The summed E-state index contributed by atoms with van der Waals surface area (Å²) >= 11 is 0. The Labute approximate surface area is 97.4 Å². The summed E-state index contributed by atoms with van der Waals surface area (Å²) in [6.45, 7) is 7.49. The van der Waals surface area contributed by atoms with Crippen molar-refractivity contribution >= 4 is 0 Å². The lowest BCUT2D eigenvalue weighted by Crippen LogP contribution is -2.42. The predicted molar refractivity (Wildman–Crippen MR) is 65.1 cm³/mol. The molecule has 90 valence electrons. The van der Waals surface area contributed by atoms with Crippen molar-refractivity contribution in [2.75, 3.05) is 13.1 Å². The number of nitrogens with zero attached hydrogens (tertiary/aromatic N) is 3. The third kappa shape index (κ3) is 2.62. The maximum atomic E-state index is 5.99. The van der Waals surface area contributed by atoms with Gasteiger partial charge in [-0.1, -0.05) is 0 Å². The van der Waals surface area contributed by atoms with Gasteiger partial charge in [-0.25, -0.2) is 0 Å². The molecule has 4 nitrogen and oxygen atoms in total. The summed E-state index contributed by atoms with van der Waals surface area (Å²) in [6.07, 6.45) is 4.27. The standard InChI is InChI=1S/C12H22N4/c1-10(2)16-12(5-6-14-16)9-15-7-3-4-11(13)8-15/h5-6,10-11H,3-4,7-9,13H2,1-2H3/t11-/m1/s1. The number of piperidine rings is 1. The van der Waals surface area contributed by atoms with Gasteiger partial charge in [-0.05, 0) is 39.3 Å². The van der Waals surface area contributed by atoms with Crippen LogP contribution in [0.25, 0.3) is 0 Å². The van der Waals surface area contributed by atoms with E-state index in [9.17, 15) is 0 Å². The van der Waals surface area contributed by atoms with Crippen LogP contribution in [0.15, 0.2) is 12.3 Å². The Bertz CT molecular complexity index is 332. The van der Waals surface area contributed by atoms with Crippen LogP contribution in [0.1, 0.15) is 38.4 Å². The van der Waals surface area contributed by atoms with E-state index in [1.807, 2.05) is 6.20 Å². The molecule has 1 saturated heterocycles. The second-order valence-electron chi connectivity index (χ2n) is 5.00. The number of nitrogens with two attached hydrogens (primary N) is 1. The quantitative estimate of drug-likeness (QED) is 0.840. The Balaban J connectivity index is 2.00. The Kier molecular flexibility index (Phi) is 3.61. The van der Waals surface area contributed by atoms with Gasteiger partial charge in [-0.3, -0.25) is 9.58 Å². The molecule has 0 bridgehead atoms. The molecule has 0 radical (unpaired) electrons. The summed E-state index contributed by atoms with van der Waals surface area (Å²) in [5.74, 6) is 0. The third-order valence-electron chi connectivity index (χ3n) is 3.17. The highest BCUT2D eigenvalue weighted by Crippen LogP contribution is 2.14. The van der Waals surface area contributed by atoms with Crippen molar-refractivity contribution in [1.82, 2.24) is 14.7 Å². The molecule has 0 saturated carbocycles. The highest BCUT2D eigenvalue weighted by molar-refractivity contribution is 5.02. The van der Waals surface area contributed by atoms with Crippen LogP contribution in [0, 0.1) is 0 Å². The van der Waals surface area contributed by atoms with Crippen LogP contribution in [-0.4, -0.2) is 33.8 Å². The molecule has 0 amide bonds. The van der Waals surface area contributed by atoms with Gasteiger partial charge in [0.2, 0.25) is 0 Å². The van der Waals surface area contributed by atoms with Crippen LogP contribution < -0.4 is 5.73 Å². The normalized spacial score (nSPS) is 22.9. The number of rotatable bonds is 3. The molecule has 1 fully saturated rings. The summed E-state index contributed by atoms with van der Waals surface area (Å²) in [6, 6.07) is 2.90. The third-order valence-corrected chi connectivity index (χ3v) is 3.17. The van der Waals surface area contributed by atoms with E-state index in [0.717, 1.165) is 19.6 Å². The predicted octanol–water partition coefficient (Wildman–Crippen LogP) is 1.39. The molecule has 1 aliphatic heterocycles. The SMILES string of the molecule is CC(C)n1nccc1CN1CCC[C@@H](N)C1. The van der Waals surface area contributed by atoms with E-state index in [-0.39, 0.29) is 0 Å². The van der Waals surface area contributed by atoms with E-state index in [1.54, 1.807) is 0 Å². The molecule has 2 rings (SSSR count). The van der Waals surface area contributed by atoms with Crippen LogP contribution in [-0.2, 0) is 6.54 Å². The van der Waals surface area contributed by atoms with Crippen molar-refractivity contribution in [2.45, 2.75) is 45.3 Å². The highest BCUT2D eigenvalue weighted by atomic mass is 15.3. The minimum absolute atomic E-state index is 0.351. The molecule has 0 spiro atoms.